The van der Waals surface area contributed by atoms with Gasteiger partial charge in [-0.3, -0.25) is 4.79 Å². The lowest BCUT2D eigenvalue weighted by Gasteiger charge is -2.36. The fourth-order valence-corrected chi connectivity index (χ4v) is 5.19. The molecule has 174 valence electrons. The standard InChI is InChI=1S/C24H25F3N4OS/c25-24(26,27)21-6-5-18-19(29-21)7-10-28-22(18)30-11-8-17(9-12-30)15-31(14-16-3-4-16)23(32)20-2-1-13-33-20/h1-2,5-7,10,13,16-17H,3-4,8-9,11-12,14-15H2. The van der Waals surface area contributed by atoms with E-state index in [9.17, 15) is 18.0 Å². The zero-order valence-electron chi connectivity index (χ0n) is 18.1. The van der Waals surface area contributed by atoms with E-state index in [4.69, 9.17) is 0 Å². The Bertz CT molecular complexity index is 1120. The van der Waals surface area contributed by atoms with Crippen molar-refractivity contribution >= 4 is 34.0 Å². The molecule has 1 aliphatic heterocycles. The van der Waals surface area contributed by atoms with Crippen LogP contribution in [-0.4, -0.2) is 47.0 Å². The van der Waals surface area contributed by atoms with Crippen LogP contribution in [0, 0.1) is 11.8 Å². The van der Waals surface area contributed by atoms with Gasteiger partial charge in [0.15, 0.2) is 0 Å². The van der Waals surface area contributed by atoms with Crippen LogP contribution in [0.4, 0.5) is 19.0 Å². The molecular weight excluding hydrogens is 449 g/mol. The molecule has 1 saturated heterocycles. The zero-order valence-corrected chi connectivity index (χ0v) is 18.9. The Morgan fingerprint density at radius 2 is 1.79 bits per heavy atom. The van der Waals surface area contributed by atoms with E-state index in [0.717, 1.165) is 50.0 Å². The number of amides is 1. The SMILES string of the molecule is O=C(c1cccs1)N(CC1CC1)CC1CCN(c2nccc3nc(C(F)(F)F)ccc23)CC1. The minimum Gasteiger partial charge on any atom is -0.356 e. The quantitative estimate of drug-likeness (QED) is 0.475. The van der Waals surface area contributed by atoms with Gasteiger partial charge in [-0.1, -0.05) is 6.07 Å². The molecule has 0 aromatic carbocycles. The summed E-state index contributed by atoms with van der Waals surface area (Å²) in [6.07, 6.45) is 1.26. The first-order valence-corrected chi connectivity index (χ1v) is 12.2. The summed E-state index contributed by atoms with van der Waals surface area (Å²) in [6, 6.07) is 7.81. The molecule has 4 heterocycles. The second kappa shape index (κ2) is 8.93. The van der Waals surface area contributed by atoms with E-state index in [1.165, 1.54) is 42.5 Å². The number of carbonyl (C=O) groups excluding carboxylic acids is 1. The van der Waals surface area contributed by atoms with E-state index in [2.05, 4.69) is 14.9 Å². The fraction of sp³-hybridized carbons (Fsp3) is 0.458. The molecule has 3 aromatic rings. The molecule has 2 aliphatic rings. The maximum Gasteiger partial charge on any atom is 0.433 e. The van der Waals surface area contributed by atoms with Crippen molar-refractivity contribution in [1.29, 1.82) is 0 Å². The van der Waals surface area contributed by atoms with Crippen molar-refractivity contribution in [2.24, 2.45) is 11.8 Å². The lowest BCUT2D eigenvalue weighted by atomic mass is 9.95. The number of piperidine rings is 1. The van der Waals surface area contributed by atoms with Crippen molar-refractivity contribution in [3.63, 3.8) is 0 Å². The van der Waals surface area contributed by atoms with Gasteiger partial charge in [0.2, 0.25) is 0 Å². The average molecular weight is 475 g/mol. The van der Waals surface area contributed by atoms with Gasteiger partial charge in [-0.15, -0.1) is 11.3 Å². The lowest BCUT2D eigenvalue weighted by molar-refractivity contribution is -0.140. The largest absolute Gasteiger partial charge is 0.433 e. The second-order valence-corrected chi connectivity index (χ2v) is 9.90. The summed E-state index contributed by atoms with van der Waals surface area (Å²) >= 11 is 1.49. The zero-order chi connectivity index (χ0) is 23.0. The Hall–Kier alpha value is -2.68. The number of aromatic nitrogens is 2. The van der Waals surface area contributed by atoms with Crippen LogP contribution < -0.4 is 4.90 Å². The molecule has 0 atom stereocenters. The Labute approximate surface area is 194 Å². The molecule has 2 fully saturated rings. The van der Waals surface area contributed by atoms with E-state index < -0.39 is 11.9 Å². The summed E-state index contributed by atoms with van der Waals surface area (Å²) < 4.78 is 39.1. The first kappa shape index (κ1) is 22.1. The topological polar surface area (TPSA) is 49.3 Å². The first-order chi connectivity index (χ1) is 15.9. The van der Waals surface area contributed by atoms with Crippen molar-refractivity contribution in [3.05, 3.63) is 52.5 Å². The molecule has 9 heteroatoms. The summed E-state index contributed by atoms with van der Waals surface area (Å²) in [5.74, 6) is 1.83. The summed E-state index contributed by atoms with van der Waals surface area (Å²) in [5.41, 5.74) is -0.592. The number of rotatable bonds is 6. The van der Waals surface area contributed by atoms with Crippen LogP contribution in [0.2, 0.25) is 0 Å². The molecule has 0 N–H and O–H groups in total. The highest BCUT2D eigenvalue weighted by Gasteiger charge is 2.33. The molecule has 0 spiro atoms. The molecule has 1 amide bonds. The minimum atomic E-state index is -4.47. The number of nitrogens with zero attached hydrogens (tertiary/aromatic N) is 4. The van der Waals surface area contributed by atoms with Crippen molar-refractivity contribution in [2.75, 3.05) is 31.1 Å². The average Bonchev–Trinajstić information content (AvgIpc) is 3.46. The summed E-state index contributed by atoms with van der Waals surface area (Å²) in [6.45, 7) is 3.08. The summed E-state index contributed by atoms with van der Waals surface area (Å²) in [7, 11) is 0. The minimum absolute atomic E-state index is 0.126. The Morgan fingerprint density at radius 1 is 1.06 bits per heavy atom. The van der Waals surface area contributed by atoms with Crippen molar-refractivity contribution in [1.82, 2.24) is 14.9 Å². The number of carbonyl (C=O) groups is 1. The van der Waals surface area contributed by atoms with E-state index in [1.54, 1.807) is 0 Å². The van der Waals surface area contributed by atoms with Crippen LogP contribution in [0.25, 0.3) is 10.9 Å². The number of anilines is 1. The molecule has 33 heavy (non-hydrogen) atoms. The van der Waals surface area contributed by atoms with Gasteiger partial charge in [0, 0.05) is 37.8 Å². The number of fused-ring (bicyclic) bond motifs is 1. The Kier molecular flexibility index (Phi) is 5.99. The second-order valence-electron chi connectivity index (χ2n) is 8.96. The van der Waals surface area contributed by atoms with Gasteiger partial charge in [-0.25, -0.2) is 9.97 Å². The highest BCUT2D eigenvalue weighted by molar-refractivity contribution is 7.12. The van der Waals surface area contributed by atoms with E-state index >= 15 is 0 Å². The third-order valence-electron chi connectivity index (χ3n) is 6.47. The number of hydrogen-bond acceptors (Lipinski definition) is 5. The Morgan fingerprint density at radius 3 is 2.42 bits per heavy atom. The monoisotopic (exact) mass is 474 g/mol. The number of pyridine rings is 2. The molecule has 5 nitrogen and oxygen atoms in total. The fourth-order valence-electron chi connectivity index (χ4n) is 4.50. The van der Waals surface area contributed by atoms with Gasteiger partial charge in [0.1, 0.15) is 11.5 Å². The highest BCUT2D eigenvalue weighted by Crippen LogP contribution is 2.34. The molecule has 0 radical (unpaired) electrons. The molecule has 0 unspecified atom stereocenters. The maximum absolute atomic E-state index is 13.0. The number of alkyl halides is 3. The van der Waals surface area contributed by atoms with Gasteiger partial charge in [0.05, 0.1) is 10.4 Å². The molecule has 3 aromatic heterocycles. The van der Waals surface area contributed by atoms with Crippen LogP contribution in [-0.2, 0) is 6.18 Å². The van der Waals surface area contributed by atoms with Crippen LogP contribution in [0.5, 0.6) is 0 Å². The lowest BCUT2D eigenvalue weighted by Crippen LogP contribution is -2.41. The van der Waals surface area contributed by atoms with Crippen LogP contribution in [0.15, 0.2) is 41.9 Å². The number of thiophene rings is 1. The molecular formula is C24H25F3N4OS. The van der Waals surface area contributed by atoms with Crippen molar-refractivity contribution in [3.8, 4) is 0 Å². The van der Waals surface area contributed by atoms with Crippen LogP contribution in [0.3, 0.4) is 0 Å². The maximum atomic E-state index is 13.0. The summed E-state index contributed by atoms with van der Waals surface area (Å²) in [5, 5.41) is 2.57. The van der Waals surface area contributed by atoms with Gasteiger partial charge in [0.25, 0.3) is 5.91 Å². The molecule has 5 rings (SSSR count). The molecule has 1 saturated carbocycles. The van der Waals surface area contributed by atoms with Crippen LogP contribution >= 0.6 is 11.3 Å². The van der Waals surface area contributed by atoms with Gasteiger partial charge in [-0.2, -0.15) is 13.2 Å². The molecule has 0 bridgehead atoms. The van der Waals surface area contributed by atoms with E-state index in [0.29, 0.717) is 28.6 Å². The third-order valence-corrected chi connectivity index (χ3v) is 7.33. The van der Waals surface area contributed by atoms with E-state index in [1.807, 2.05) is 22.4 Å². The number of hydrogen-bond donors (Lipinski definition) is 0. The molecule has 1 aliphatic carbocycles. The predicted octanol–water partition coefficient (Wildman–Crippen LogP) is 5.48. The normalized spacial score (nSPS) is 17.5. The predicted molar refractivity (Wildman–Crippen MR) is 122 cm³/mol. The Balaban J connectivity index is 1.26. The third kappa shape index (κ3) is 4.98. The van der Waals surface area contributed by atoms with Gasteiger partial charge >= 0.3 is 6.18 Å². The smallest absolute Gasteiger partial charge is 0.356 e. The van der Waals surface area contributed by atoms with Gasteiger partial charge in [-0.05, 0) is 67.2 Å². The highest BCUT2D eigenvalue weighted by atomic mass is 32.1. The summed E-state index contributed by atoms with van der Waals surface area (Å²) in [4.78, 5) is 26.2. The van der Waals surface area contributed by atoms with Crippen molar-refractivity contribution < 1.29 is 18.0 Å². The number of halogens is 3. The first-order valence-electron chi connectivity index (χ1n) is 11.3. The van der Waals surface area contributed by atoms with Gasteiger partial charge < -0.3 is 9.80 Å². The van der Waals surface area contributed by atoms with E-state index in [-0.39, 0.29) is 5.91 Å². The van der Waals surface area contributed by atoms with Crippen LogP contribution in [0.1, 0.15) is 41.0 Å². The van der Waals surface area contributed by atoms with Crippen molar-refractivity contribution in [2.45, 2.75) is 31.9 Å².